The van der Waals surface area contributed by atoms with Gasteiger partial charge in [-0.25, -0.2) is 4.98 Å². The number of hydrogen-bond donors (Lipinski definition) is 0. The molecule has 0 atom stereocenters. The predicted octanol–water partition coefficient (Wildman–Crippen LogP) is 5.50. The molecule has 0 fully saturated rings. The van der Waals surface area contributed by atoms with Crippen molar-refractivity contribution < 1.29 is 9.47 Å². The molecule has 7 heteroatoms. The van der Waals surface area contributed by atoms with Crippen LogP contribution in [0.3, 0.4) is 0 Å². The predicted molar refractivity (Wildman–Crippen MR) is 118 cm³/mol. The first-order valence-corrected chi connectivity index (χ1v) is 10.9. The summed E-state index contributed by atoms with van der Waals surface area (Å²) in [5.41, 5.74) is 3.46. The summed E-state index contributed by atoms with van der Waals surface area (Å²) in [4.78, 5) is 16.8. The number of fused-ring (bicyclic) bond motifs is 4. The fourth-order valence-electron chi connectivity index (χ4n) is 3.32. The van der Waals surface area contributed by atoms with Gasteiger partial charge in [0.15, 0.2) is 0 Å². The molecule has 29 heavy (non-hydrogen) atoms. The molecule has 1 aliphatic rings. The third-order valence-corrected chi connectivity index (χ3v) is 5.75. The van der Waals surface area contributed by atoms with E-state index in [1.165, 1.54) is 10.6 Å². The van der Waals surface area contributed by atoms with Gasteiger partial charge in [-0.1, -0.05) is 27.5 Å². The van der Waals surface area contributed by atoms with Crippen molar-refractivity contribution >= 4 is 27.5 Å². The highest BCUT2D eigenvalue weighted by Crippen LogP contribution is 2.39. The van der Waals surface area contributed by atoms with Crippen molar-refractivity contribution in [3.05, 3.63) is 69.2 Å². The van der Waals surface area contributed by atoms with E-state index in [1.54, 1.807) is 19.4 Å². The summed E-state index contributed by atoms with van der Waals surface area (Å²) >= 11 is 9.70. The van der Waals surface area contributed by atoms with Gasteiger partial charge >= 0.3 is 0 Å². The average molecular weight is 476 g/mol. The standard InChI is InChI=1S/C22H20BrClN2O3/c1-26-13-18-17-8-14(11-23)12-25-22(17)29-19-6-5-16(24)9-15(19)4-2-3-7-28-20(18)10-21(26)27/h5-6,8-10,12-13H,2-4,7,11H2,1H3. The Morgan fingerprint density at radius 3 is 2.86 bits per heavy atom. The summed E-state index contributed by atoms with van der Waals surface area (Å²) < 4.78 is 13.8. The van der Waals surface area contributed by atoms with Crippen molar-refractivity contribution in [2.24, 2.45) is 7.05 Å². The number of alkyl halides is 1. The van der Waals surface area contributed by atoms with Gasteiger partial charge < -0.3 is 14.0 Å². The lowest BCUT2D eigenvalue weighted by Gasteiger charge is -2.18. The summed E-state index contributed by atoms with van der Waals surface area (Å²) in [6.45, 7) is 0.526. The molecular formula is C22H20BrClN2O3. The zero-order chi connectivity index (χ0) is 20.4. The van der Waals surface area contributed by atoms with Crippen LogP contribution in [0.4, 0.5) is 0 Å². The van der Waals surface area contributed by atoms with Crippen LogP contribution in [0.2, 0.25) is 5.02 Å². The number of benzene rings is 1. The van der Waals surface area contributed by atoms with Crippen LogP contribution in [-0.2, 0) is 18.8 Å². The molecule has 0 radical (unpaired) electrons. The first kappa shape index (κ1) is 20.0. The van der Waals surface area contributed by atoms with Crippen LogP contribution >= 0.6 is 27.5 Å². The van der Waals surface area contributed by atoms with Gasteiger partial charge in [0.2, 0.25) is 5.88 Å². The summed E-state index contributed by atoms with van der Waals surface area (Å²) in [5, 5.41) is 1.33. The van der Waals surface area contributed by atoms with Crippen molar-refractivity contribution in [1.29, 1.82) is 0 Å². The van der Waals surface area contributed by atoms with Crippen molar-refractivity contribution in [1.82, 2.24) is 9.55 Å². The molecule has 3 aromatic rings. The highest BCUT2D eigenvalue weighted by molar-refractivity contribution is 9.08. The quantitative estimate of drug-likeness (QED) is 0.436. The molecule has 150 valence electrons. The van der Waals surface area contributed by atoms with Gasteiger partial charge in [0, 0.05) is 47.0 Å². The molecule has 0 bridgehead atoms. The average Bonchev–Trinajstić information content (AvgIpc) is 2.71. The van der Waals surface area contributed by atoms with E-state index in [0.29, 0.717) is 28.6 Å². The second-order valence-electron chi connectivity index (χ2n) is 6.99. The molecule has 0 unspecified atom stereocenters. The Morgan fingerprint density at radius 1 is 1.17 bits per heavy atom. The fourth-order valence-corrected chi connectivity index (χ4v) is 3.83. The lowest BCUT2D eigenvalue weighted by Crippen LogP contribution is -2.16. The second kappa shape index (κ2) is 8.59. The maximum absolute atomic E-state index is 12.2. The SMILES string of the molecule is Cn1cc2c(cc1=O)OCCCCc1cc(Cl)ccc1Oc1ncc(CBr)cc1-2. The number of aromatic nitrogens is 2. The van der Waals surface area contributed by atoms with E-state index in [1.807, 2.05) is 24.3 Å². The number of ether oxygens (including phenoxy) is 2. The molecule has 0 amide bonds. The number of nitrogens with zero attached hydrogens (tertiary/aromatic N) is 2. The Kier molecular flexibility index (Phi) is 5.92. The summed E-state index contributed by atoms with van der Waals surface area (Å²) in [6, 6.07) is 9.17. The smallest absolute Gasteiger partial charge is 0.254 e. The first-order chi connectivity index (χ1) is 14.0. The second-order valence-corrected chi connectivity index (χ2v) is 7.99. The molecule has 3 heterocycles. The van der Waals surface area contributed by atoms with Crippen LogP contribution < -0.4 is 15.0 Å². The van der Waals surface area contributed by atoms with Gasteiger partial charge in [-0.2, -0.15) is 0 Å². The molecule has 0 aliphatic carbocycles. The molecule has 4 rings (SSSR count). The van der Waals surface area contributed by atoms with Crippen molar-refractivity contribution in [3.63, 3.8) is 0 Å². The molecule has 1 aliphatic heterocycles. The largest absolute Gasteiger partial charge is 0.493 e. The molecule has 2 aromatic heterocycles. The van der Waals surface area contributed by atoms with E-state index >= 15 is 0 Å². The number of halogens is 2. The Bertz CT molecular complexity index is 1110. The van der Waals surface area contributed by atoms with Crippen LogP contribution in [0.5, 0.6) is 17.4 Å². The first-order valence-electron chi connectivity index (χ1n) is 9.40. The Morgan fingerprint density at radius 2 is 2.03 bits per heavy atom. The minimum absolute atomic E-state index is 0.122. The molecule has 1 aromatic carbocycles. The molecule has 5 nitrogen and oxygen atoms in total. The van der Waals surface area contributed by atoms with Gasteiger partial charge in [0.1, 0.15) is 11.5 Å². The van der Waals surface area contributed by atoms with Gasteiger partial charge in [0.25, 0.3) is 5.56 Å². The maximum atomic E-state index is 12.2. The van der Waals surface area contributed by atoms with E-state index in [0.717, 1.165) is 47.3 Å². The third kappa shape index (κ3) is 4.33. The number of rotatable bonds is 1. The van der Waals surface area contributed by atoms with E-state index in [4.69, 9.17) is 21.1 Å². The summed E-state index contributed by atoms with van der Waals surface area (Å²) in [7, 11) is 1.72. The number of hydrogen-bond acceptors (Lipinski definition) is 4. The van der Waals surface area contributed by atoms with Crippen molar-refractivity contribution in [2.75, 3.05) is 6.61 Å². The highest BCUT2D eigenvalue weighted by atomic mass is 79.9. The zero-order valence-corrected chi connectivity index (χ0v) is 18.3. The maximum Gasteiger partial charge on any atom is 0.254 e. The normalized spacial score (nSPS) is 13.6. The number of pyridine rings is 2. The van der Waals surface area contributed by atoms with Crippen molar-refractivity contribution in [3.8, 4) is 28.5 Å². The van der Waals surface area contributed by atoms with Gasteiger partial charge in [-0.15, -0.1) is 0 Å². The Hall–Kier alpha value is -2.31. The van der Waals surface area contributed by atoms with E-state index in [-0.39, 0.29) is 5.56 Å². The van der Waals surface area contributed by atoms with Crippen LogP contribution in [0.15, 0.2) is 47.5 Å². The van der Waals surface area contributed by atoms with Crippen LogP contribution in [0.25, 0.3) is 11.1 Å². The third-order valence-electron chi connectivity index (χ3n) is 4.87. The molecule has 0 spiro atoms. The van der Waals surface area contributed by atoms with E-state index < -0.39 is 0 Å². The minimum atomic E-state index is -0.122. The van der Waals surface area contributed by atoms with Crippen LogP contribution in [0, 0.1) is 0 Å². The lowest BCUT2D eigenvalue weighted by atomic mass is 10.0. The minimum Gasteiger partial charge on any atom is -0.493 e. The molecule has 0 saturated carbocycles. The fraction of sp³-hybridized carbons (Fsp3) is 0.273. The topological polar surface area (TPSA) is 53.4 Å². The Balaban J connectivity index is 1.93. The highest BCUT2D eigenvalue weighted by Gasteiger charge is 2.19. The molecule has 0 saturated heterocycles. The van der Waals surface area contributed by atoms with Crippen LogP contribution in [0.1, 0.15) is 24.0 Å². The van der Waals surface area contributed by atoms with Gasteiger partial charge in [0.05, 0.1) is 6.61 Å². The van der Waals surface area contributed by atoms with Gasteiger partial charge in [-0.05, 0) is 54.7 Å². The summed E-state index contributed by atoms with van der Waals surface area (Å²) in [5.74, 6) is 1.74. The molecule has 0 N–H and O–H groups in total. The number of aryl methyl sites for hydroxylation is 2. The van der Waals surface area contributed by atoms with Crippen molar-refractivity contribution in [2.45, 2.75) is 24.6 Å². The Labute approximate surface area is 182 Å². The summed E-state index contributed by atoms with van der Waals surface area (Å²) in [6.07, 6.45) is 6.13. The lowest BCUT2D eigenvalue weighted by molar-refractivity contribution is 0.306. The molecular weight excluding hydrogens is 456 g/mol. The monoisotopic (exact) mass is 474 g/mol. The van der Waals surface area contributed by atoms with E-state index in [9.17, 15) is 4.79 Å². The van der Waals surface area contributed by atoms with E-state index in [2.05, 4.69) is 20.9 Å². The van der Waals surface area contributed by atoms with Gasteiger partial charge in [-0.3, -0.25) is 4.79 Å². The zero-order valence-electron chi connectivity index (χ0n) is 16.0. The van der Waals surface area contributed by atoms with Crippen LogP contribution in [-0.4, -0.2) is 16.2 Å².